The highest BCUT2D eigenvalue weighted by Gasteiger charge is 2.10. The maximum atomic E-state index is 12.0. The van der Waals surface area contributed by atoms with E-state index in [0.29, 0.717) is 17.1 Å². The molecule has 3 N–H and O–H groups in total. The Balaban J connectivity index is 1.94. The number of nitrogens with one attached hydrogen (secondary N) is 3. The molecule has 3 amide bonds. The van der Waals surface area contributed by atoms with E-state index in [1.165, 1.54) is 0 Å². The number of ether oxygens (including phenoxy) is 1. The number of amides is 3. The van der Waals surface area contributed by atoms with Crippen LogP contribution in [0.1, 0.15) is 13.8 Å². The molecule has 0 saturated carbocycles. The molecule has 0 aliphatic heterocycles. The lowest BCUT2D eigenvalue weighted by Crippen LogP contribution is -2.34. The number of hydrogen-bond donors (Lipinski definition) is 3. The quantitative estimate of drug-likeness (QED) is 0.762. The van der Waals surface area contributed by atoms with Gasteiger partial charge in [0.2, 0.25) is 0 Å². The van der Waals surface area contributed by atoms with E-state index in [4.69, 9.17) is 4.74 Å². The number of hydrogen-bond acceptors (Lipinski definition) is 3. The summed E-state index contributed by atoms with van der Waals surface area (Å²) >= 11 is 0. The van der Waals surface area contributed by atoms with Crippen molar-refractivity contribution in [2.24, 2.45) is 0 Å². The van der Waals surface area contributed by atoms with Crippen molar-refractivity contribution >= 4 is 23.3 Å². The van der Waals surface area contributed by atoms with Crippen molar-refractivity contribution in [1.29, 1.82) is 0 Å². The van der Waals surface area contributed by atoms with E-state index in [-0.39, 0.29) is 24.6 Å². The van der Waals surface area contributed by atoms with Gasteiger partial charge in [-0.3, -0.25) is 4.79 Å². The predicted octanol–water partition coefficient (Wildman–Crippen LogP) is 3.23. The number of rotatable bonds is 6. The Morgan fingerprint density at radius 3 is 2.12 bits per heavy atom. The number of carbonyl (C=O) groups is 2. The fraction of sp³-hybridized carbons (Fsp3) is 0.222. The summed E-state index contributed by atoms with van der Waals surface area (Å²) in [7, 11) is 0. The minimum absolute atomic E-state index is 0.0195. The molecular formula is C18H21N3O3. The fourth-order valence-corrected chi connectivity index (χ4v) is 1.97. The average molecular weight is 327 g/mol. The molecule has 0 radical (unpaired) electrons. The first-order chi connectivity index (χ1) is 11.5. The Bertz CT molecular complexity index is 687. The molecule has 24 heavy (non-hydrogen) atoms. The average Bonchev–Trinajstić information content (AvgIpc) is 2.55. The summed E-state index contributed by atoms with van der Waals surface area (Å²) in [4.78, 5) is 23.8. The van der Waals surface area contributed by atoms with Gasteiger partial charge < -0.3 is 20.7 Å². The molecule has 0 bridgehead atoms. The van der Waals surface area contributed by atoms with Crippen LogP contribution in [0.25, 0.3) is 0 Å². The van der Waals surface area contributed by atoms with Crippen molar-refractivity contribution in [1.82, 2.24) is 5.32 Å². The normalized spacial score (nSPS) is 10.1. The molecule has 2 rings (SSSR count). The van der Waals surface area contributed by atoms with Gasteiger partial charge in [-0.1, -0.05) is 30.3 Å². The van der Waals surface area contributed by atoms with E-state index in [1.807, 2.05) is 32.0 Å². The highest BCUT2D eigenvalue weighted by Crippen LogP contribution is 2.21. The summed E-state index contributed by atoms with van der Waals surface area (Å²) in [6.07, 6.45) is 0. The Labute approximate surface area is 141 Å². The van der Waals surface area contributed by atoms with Crippen molar-refractivity contribution in [2.75, 3.05) is 17.2 Å². The molecule has 6 heteroatoms. The van der Waals surface area contributed by atoms with Gasteiger partial charge >= 0.3 is 6.03 Å². The van der Waals surface area contributed by atoms with Gasteiger partial charge in [-0.05, 0) is 38.1 Å². The Kier molecular flexibility index (Phi) is 6.19. The Morgan fingerprint density at radius 2 is 1.50 bits per heavy atom. The van der Waals surface area contributed by atoms with Crippen LogP contribution in [-0.4, -0.2) is 24.6 Å². The molecule has 0 fully saturated rings. The van der Waals surface area contributed by atoms with E-state index >= 15 is 0 Å². The van der Waals surface area contributed by atoms with Crippen molar-refractivity contribution in [3.05, 3.63) is 54.6 Å². The van der Waals surface area contributed by atoms with Gasteiger partial charge in [-0.2, -0.15) is 0 Å². The van der Waals surface area contributed by atoms with E-state index < -0.39 is 0 Å². The summed E-state index contributed by atoms with van der Waals surface area (Å²) in [5.74, 6) is 0.313. The Hall–Kier alpha value is -3.02. The summed E-state index contributed by atoms with van der Waals surface area (Å²) in [6, 6.07) is 15.8. The van der Waals surface area contributed by atoms with Gasteiger partial charge in [0.25, 0.3) is 5.91 Å². The first-order valence-electron chi connectivity index (χ1n) is 7.69. The SMILES string of the molecule is CC(C)NC(=O)Nc1ccccc1NC(=O)COc1ccccc1. The second-order valence-electron chi connectivity index (χ2n) is 5.45. The van der Waals surface area contributed by atoms with Crippen LogP contribution < -0.4 is 20.7 Å². The van der Waals surface area contributed by atoms with Crippen LogP contribution in [0, 0.1) is 0 Å². The van der Waals surface area contributed by atoms with Gasteiger partial charge in [-0.15, -0.1) is 0 Å². The molecular weight excluding hydrogens is 306 g/mol. The van der Waals surface area contributed by atoms with Crippen LogP contribution in [0.5, 0.6) is 5.75 Å². The first kappa shape index (κ1) is 17.3. The van der Waals surface area contributed by atoms with Crippen LogP contribution in [0.2, 0.25) is 0 Å². The summed E-state index contributed by atoms with van der Waals surface area (Å²) in [5.41, 5.74) is 1.03. The maximum absolute atomic E-state index is 12.0. The lowest BCUT2D eigenvalue weighted by atomic mass is 10.2. The molecule has 126 valence electrons. The molecule has 0 aromatic heterocycles. The minimum atomic E-state index is -0.327. The second kappa shape index (κ2) is 8.57. The number of anilines is 2. The van der Waals surface area contributed by atoms with Crippen LogP contribution in [0.4, 0.5) is 16.2 Å². The third-order valence-corrected chi connectivity index (χ3v) is 2.98. The van der Waals surface area contributed by atoms with E-state index in [2.05, 4.69) is 16.0 Å². The molecule has 0 saturated heterocycles. The highest BCUT2D eigenvalue weighted by molar-refractivity contribution is 5.99. The molecule has 2 aromatic carbocycles. The van der Waals surface area contributed by atoms with Crippen molar-refractivity contribution < 1.29 is 14.3 Å². The van der Waals surface area contributed by atoms with Crippen LogP contribution in [-0.2, 0) is 4.79 Å². The second-order valence-corrected chi connectivity index (χ2v) is 5.45. The van der Waals surface area contributed by atoms with Crippen molar-refractivity contribution in [2.45, 2.75) is 19.9 Å². The zero-order chi connectivity index (χ0) is 17.4. The maximum Gasteiger partial charge on any atom is 0.319 e. The first-order valence-corrected chi connectivity index (χ1v) is 7.69. The third-order valence-electron chi connectivity index (χ3n) is 2.98. The fourth-order valence-electron chi connectivity index (χ4n) is 1.97. The molecule has 0 aliphatic carbocycles. The molecule has 2 aromatic rings. The number of carbonyl (C=O) groups excluding carboxylic acids is 2. The van der Waals surface area contributed by atoms with E-state index in [0.717, 1.165) is 0 Å². The van der Waals surface area contributed by atoms with Crippen molar-refractivity contribution in [3.8, 4) is 5.75 Å². The zero-order valence-electron chi connectivity index (χ0n) is 13.7. The summed E-state index contributed by atoms with van der Waals surface area (Å²) in [6.45, 7) is 3.62. The van der Waals surface area contributed by atoms with E-state index in [9.17, 15) is 9.59 Å². The molecule has 0 heterocycles. The number of para-hydroxylation sites is 3. The smallest absolute Gasteiger partial charge is 0.319 e. The largest absolute Gasteiger partial charge is 0.484 e. The summed E-state index contributed by atoms with van der Waals surface area (Å²) < 4.78 is 5.40. The molecule has 0 atom stereocenters. The topological polar surface area (TPSA) is 79.5 Å². The number of urea groups is 1. The van der Waals surface area contributed by atoms with Gasteiger partial charge in [0.05, 0.1) is 11.4 Å². The molecule has 0 unspecified atom stereocenters. The highest BCUT2D eigenvalue weighted by atomic mass is 16.5. The van der Waals surface area contributed by atoms with Gasteiger partial charge in [-0.25, -0.2) is 4.79 Å². The number of benzene rings is 2. The van der Waals surface area contributed by atoms with Crippen molar-refractivity contribution in [3.63, 3.8) is 0 Å². The van der Waals surface area contributed by atoms with E-state index in [1.54, 1.807) is 36.4 Å². The summed E-state index contributed by atoms with van der Waals surface area (Å²) in [5, 5.41) is 8.18. The predicted molar refractivity (Wildman–Crippen MR) is 94.3 cm³/mol. The monoisotopic (exact) mass is 327 g/mol. The minimum Gasteiger partial charge on any atom is -0.484 e. The van der Waals surface area contributed by atoms with Crippen LogP contribution in [0.15, 0.2) is 54.6 Å². The van der Waals surface area contributed by atoms with Gasteiger partial charge in [0.15, 0.2) is 6.61 Å². The standard InChI is InChI=1S/C18H21N3O3/c1-13(2)19-18(23)21-16-11-7-6-10-15(16)20-17(22)12-24-14-8-4-3-5-9-14/h3-11,13H,12H2,1-2H3,(H,20,22)(H2,19,21,23). The molecule has 6 nitrogen and oxygen atoms in total. The van der Waals surface area contributed by atoms with Crippen LogP contribution in [0.3, 0.4) is 0 Å². The Morgan fingerprint density at radius 1 is 0.917 bits per heavy atom. The zero-order valence-corrected chi connectivity index (χ0v) is 13.7. The van der Waals surface area contributed by atoms with Crippen LogP contribution >= 0.6 is 0 Å². The third kappa shape index (κ3) is 5.64. The lowest BCUT2D eigenvalue weighted by molar-refractivity contribution is -0.118. The molecule has 0 spiro atoms. The van der Waals surface area contributed by atoms with Gasteiger partial charge in [0, 0.05) is 6.04 Å². The van der Waals surface area contributed by atoms with Gasteiger partial charge in [0.1, 0.15) is 5.75 Å². The molecule has 0 aliphatic rings. The lowest BCUT2D eigenvalue weighted by Gasteiger charge is -2.14.